The first kappa shape index (κ1) is 23.3. The lowest BCUT2D eigenvalue weighted by atomic mass is 10.2. The van der Waals surface area contributed by atoms with E-state index in [1.807, 2.05) is 0 Å². The molecule has 8 nitrogen and oxygen atoms in total. The first-order chi connectivity index (χ1) is 12.8. The van der Waals surface area contributed by atoms with Crippen molar-refractivity contribution in [3.8, 4) is 5.75 Å². The molecule has 0 saturated heterocycles. The molecular weight excluding hydrogens is 494 g/mol. The van der Waals surface area contributed by atoms with Crippen molar-refractivity contribution in [3.05, 3.63) is 58.6 Å². The van der Waals surface area contributed by atoms with Crippen LogP contribution >= 0.6 is 24.0 Å². The molecule has 2 rings (SSSR count). The van der Waals surface area contributed by atoms with E-state index in [4.69, 9.17) is 5.73 Å². The summed E-state index contributed by atoms with van der Waals surface area (Å²) in [6, 6.07) is 11.5. The molecule has 0 aromatic heterocycles. The number of nitrogens with one attached hydrogen (secondary N) is 2. The molecule has 2 aromatic carbocycles. The molecular formula is C16H17F3IN5O3. The van der Waals surface area contributed by atoms with Crippen LogP contribution in [-0.2, 0) is 0 Å². The molecule has 28 heavy (non-hydrogen) atoms. The Labute approximate surface area is 175 Å². The number of nitro benzene ring substituents is 1. The van der Waals surface area contributed by atoms with Crippen molar-refractivity contribution in [1.29, 1.82) is 0 Å². The van der Waals surface area contributed by atoms with Gasteiger partial charge in [0.2, 0.25) is 0 Å². The van der Waals surface area contributed by atoms with Gasteiger partial charge in [0.15, 0.2) is 11.7 Å². The highest BCUT2D eigenvalue weighted by Gasteiger charge is 2.32. The van der Waals surface area contributed by atoms with Gasteiger partial charge in [0, 0.05) is 12.6 Å². The summed E-state index contributed by atoms with van der Waals surface area (Å²) in [7, 11) is 0. The van der Waals surface area contributed by atoms with Gasteiger partial charge in [-0.1, -0.05) is 24.3 Å². The summed E-state index contributed by atoms with van der Waals surface area (Å²) in [5.41, 5.74) is 5.91. The zero-order chi connectivity index (χ0) is 19.9. The van der Waals surface area contributed by atoms with Gasteiger partial charge in [-0.15, -0.1) is 37.1 Å². The van der Waals surface area contributed by atoms with E-state index in [1.54, 1.807) is 18.2 Å². The minimum atomic E-state index is -4.84. The van der Waals surface area contributed by atoms with Gasteiger partial charge < -0.3 is 21.1 Å². The lowest BCUT2D eigenvalue weighted by molar-refractivity contribution is -0.384. The molecule has 0 bridgehead atoms. The fourth-order valence-corrected chi connectivity index (χ4v) is 2.11. The Kier molecular flexibility index (Phi) is 8.76. The molecule has 0 heterocycles. The molecule has 0 amide bonds. The lowest BCUT2D eigenvalue weighted by Crippen LogP contribution is -2.25. The van der Waals surface area contributed by atoms with E-state index in [0.717, 1.165) is 6.07 Å². The average Bonchev–Trinajstić information content (AvgIpc) is 2.59. The van der Waals surface area contributed by atoms with Gasteiger partial charge in [-0.3, -0.25) is 15.1 Å². The third-order valence-corrected chi connectivity index (χ3v) is 3.19. The first-order valence-corrected chi connectivity index (χ1v) is 7.65. The third-order valence-electron chi connectivity index (χ3n) is 3.19. The second kappa shape index (κ2) is 10.5. The van der Waals surface area contributed by atoms with Crippen LogP contribution in [0, 0.1) is 10.1 Å². The number of nitrogens with two attached hydrogens (primary N) is 1. The summed E-state index contributed by atoms with van der Waals surface area (Å²) >= 11 is 0. The van der Waals surface area contributed by atoms with Crippen LogP contribution in [-0.4, -0.2) is 30.3 Å². The van der Waals surface area contributed by atoms with Crippen molar-refractivity contribution >= 4 is 47.0 Å². The normalized spacial score (nSPS) is 11.3. The van der Waals surface area contributed by atoms with Crippen molar-refractivity contribution in [2.75, 3.05) is 23.7 Å². The molecule has 0 aliphatic heterocycles. The highest BCUT2D eigenvalue weighted by atomic mass is 127. The number of nitro groups is 1. The van der Waals surface area contributed by atoms with Crippen molar-refractivity contribution in [2.45, 2.75) is 6.36 Å². The Morgan fingerprint density at radius 2 is 1.75 bits per heavy atom. The predicted molar refractivity (Wildman–Crippen MR) is 110 cm³/mol. The lowest BCUT2D eigenvalue weighted by Gasteiger charge is -2.14. The number of aliphatic imine (C=N–C) groups is 1. The zero-order valence-corrected chi connectivity index (χ0v) is 16.6. The Bertz CT molecular complexity index is 833. The van der Waals surface area contributed by atoms with E-state index >= 15 is 0 Å². The van der Waals surface area contributed by atoms with Crippen molar-refractivity contribution < 1.29 is 22.8 Å². The molecule has 0 fully saturated rings. The average molecular weight is 511 g/mol. The minimum Gasteiger partial charge on any atom is -0.404 e. The van der Waals surface area contributed by atoms with E-state index in [1.165, 1.54) is 24.3 Å². The van der Waals surface area contributed by atoms with Crippen LogP contribution in [0.2, 0.25) is 0 Å². The molecule has 152 valence electrons. The molecule has 0 atom stereocenters. The van der Waals surface area contributed by atoms with Crippen LogP contribution in [0.25, 0.3) is 0 Å². The molecule has 0 aliphatic rings. The smallest absolute Gasteiger partial charge is 0.404 e. The van der Waals surface area contributed by atoms with Crippen LogP contribution in [0.5, 0.6) is 5.75 Å². The zero-order valence-electron chi connectivity index (χ0n) is 14.3. The Balaban J connectivity index is 0.00000392. The third kappa shape index (κ3) is 7.46. The highest BCUT2D eigenvalue weighted by Crippen LogP contribution is 2.29. The number of hydrogen-bond acceptors (Lipinski definition) is 5. The summed E-state index contributed by atoms with van der Waals surface area (Å²) in [5, 5.41) is 16.3. The number of rotatable bonds is 7. The number of para-hydroxylation sites is 4. The van der Waals surface area contributed by atoms with Gasteiger partial charge in [-0.25, -0.2) is 0 Å². The van der Waals surface area contributed by atoms with E-state index in [2.05, 4.69) is 20.4 Å². The summed E-state index contributed by atoms with van der Waals surface area (Å²) in [6.45, 7) is 0.362. The number of benzene rings is 2. The Hall–Kier alpha value is -2.77. The molecule has 0 unspecified atom stereocenters. The number of alkyl halides is 3. The molecule has 4 N–H and O–H groups in total. The summed E-state index contributed by atoms with van der Waals surface area (Å²) in [6.07, 6.45) is -4.84. The first-order valence-electron chi connectivity index (χ1n) is 7.65. The number of guanidine groups is 1. The SMILES string of the molecule is I.NC(=NCCNc1ccccc1[N+](=O)[O-])Nc1ccccc1OC(F)(F)F. The van der Waals surface area contributed by atoms with Gasteiger partial charge in [0.25, 0.3) is 5.69 Å². The van der Waals surface area contributed by atoms with Crippen LogP contribution in [0.4, 0.5) is 30.2 Å². The fourth-order valence-electron chi connectivity index (χ4n) is 2.11. The molecule has 0 radical (unpaired) electrons. The fraction of sp³-hybridized carbons (Fsp3) is 0.188. The highest BCUT2D eigenvalue weighted by molar-refractivity contribution is 14.0. The second-order valence-corrected chi connectivity index (χ2v) is 5.14. The summed E-state index contributed by atoms with van der Waals surface area (Å²) in [5.74, 6) is -0.571. The maximum Gasteiger partial charge on any atom is 0.573 e. The quantitative estimate of drug-likeness (QED) is 0.130. The number of nitrogens with zero attached hydrogens (tertiary/aromatic N) is 2. The van der Waals surface area contributed by atoms with E-state index in [0.29, 0.717) is 5.69 Å². The van der Waals surface area contributed by atoms with E-state index < -0.39 is 17.0 Å². The van der Waals surface area contributed by atoms with Crippen LogP contribution in [0.3, 0.4) is 0 Å². The van der Waals surface area contributed by atoms with Gasteiger partial charge >= 0.3 is 6.36 Å². The van der Waals surface area contributed by atoms with E-state index in [-0.39, 0.29) is 54.4 Å². The molecule has 12 heteroatoms. The minimum absolute atomic E-state index is 0. The number of hydrogen-bond donors (Lipinski definition) is 3. The van der Waals surface area contributed by atoms with Crippen molar-refractivity contribution in [3.63, 3.8) is 0 Å². The van der Waals surface area contributed by atoms with Gasteiger partial charge in [-0.2, -0.15) is 0 Å². The summed E-state index contributed by atoms with van der Waals surface area (Å²) < 4.78 is 41.1. The number of ether oxygens (including phenoxy) is 1. The standard InChI is InChI=1S/C16H16F3N5O3.HI/c17-16(18,19)27-14-8-4-2-6-12(14)23-15(20)22-10-9-21-11-5-1-3-7-13(11)24(25)26;/h1-8,21H,9-10H2,(H3,20,22,23);1H. The van der Waals surface area contributed by atoms with Crippen LogP contribution in [0.1, 0.15) is 0 Å². The van der Waals surface area contributed by atoms with Crippen LogP contribution < -0.4 is 21.1 Å². The largest absolute Gasteiger partial charge is 0.573 e. The predicted octanol–water partition coefficient (Wildman–Crippen LogP) is 3.95. The van der Waals surface area contributed by atoms with Gasteiger partial charge in [0.1, 0.15) is 5.69 Å². The number of halogens is 4. The Morgan fingerprint density at radius 1 is 1.14 bits per heavy atom. The molecule has 0 saturated carbocycles. The monoisotopic (exact) mass is 511 g/mol. The second-order valence-electron chi connectivity index (χ2n) is 5.14. The maximum atomic E-state index is 12.4. The summed E-state index contributed by atoms with van der Waals surface area (Å²) in [4.78, 5) is 14.4. The van der Waals surface area contributed by atoms with E-state index in [9.17, 15) is 23.3 Å². The molecule has 0 aliphatic carbocycles. The molecule has 2 aromatic rings. The topological polar surface area (TPSA) is 115 Å². The van der Waals surface area contributed by atoms with Crippen LogP contribution in [0.15, 0.2) is 53.5 Å². The Morgan fingerprint density at radius 3 is 2.39 bits per heavy atom. The number of anilines is 2. The van der Waals surface area contributed by atoms with Crippen molar-refractivity contribution in [2.24, 2.45) is 10.7 Å². The molecule has 0 spiro atoms. The van der Waals surface area contributed by atoms with Crippen molar-refractivity contribution in [1.82, 2.24) is 0 Å². The van der Waals surface area contributed by atoms with Gasteiger partial charge in [0.05, 0.1) is 17.2 Å². The maximum absolute atomic E-state index is 12.4. The van der Waals surface area contributed by atoms with Gasteiger partial charge in [-0.05, 0) is 18.2 Å².